The van der Waals surface area contributed by atoms with Crippen molar-refractivity contribution in [3.8, 4) is 11.8 Å². The maximum absolute atomic E-state index is 13.6. The first-order chi connectivity index (χ1) is 15.0. The molecule has 0 spiro atoms. The van der Waals surface area contributed by atoms with Gasteiger partial charge in [0.15, 0.2) is 0 Å². The van der Waals surface area contributed by atoms with E-state index in [2.05, 4.69) is 16.6 Å². The van der Waals surface area contributed by atoms with Gasteiger partial charge in [0.2, 0.25) is 0 Å². The maximum atomic E-state index is 13.6. The number of hydrogen-bond acceptors (Lipinski definition) is 5. The average Bonchev–Trinajstić information content (AvgIpc) is 3.18. The van der Waals surface area contributed by atoms with Crippen LogP contribution in [0.1, 0.15) is 31.9 Å². The van der Waals surface area contributed by atoms with Gasteiger partial charge < -0.3 is 9.47 Å². The number of carbonyl (C=O) groups excluding carboxylic acids is 1. The first kappa shape index (κ1) is 23.6. The molecule has 6 nitrogen and oxygen atoms in total. The van der Waals surface area contributed by atoms with Crippen molar-refractivity contribution in [3.63, 3.8) is 0 Å². The number of nitrogens with zero attached hydrogens (tertiary/aromatic N) is 1. The summed E-state index contributed by atoms with van der Waals surface area (Å²) >= 11 is 0. The first-order valence-corrected chi connectivity index (χ1v) is 11.5. The van der Waals surface area contributed by atoms with Gasteiger partial charge in [-0.05, 0) is 51.5 Å². The summed E-state index contributed by atoms with van der Waals surface area (Å²) in [7, 11) is -1.06. The minimum Gasteiger partial charge on any atom is -0.459 e. The molecule has 3 aromatic rings. The summed E-state index contributed by atoms with van der Waals surface area (Å²) in [6.45, 7) is 7.42. The van der Waals surface area contributed by atoms with Gasteiger partial charge in [-0.3, -0.25) is 0 Å². The Balaban J connectivity index is 2.35. The van der Waals surface area contributed by atoms with Crippen LogP contribution in [-0.4, -0.2) is 38.2 Å². The van der Waals surface area contributed by atoms with Crippen LogP contribution in [0.2, 0.25) is 0 Å². The number of rotatable bonds is 5. The number of aryl methyl sites for hydroxylation is 1. The molecule has 0 radical (unpaired) electrons. The summed E-state index contributed by atoms with van der Waals surface area (Å²) < 4.78 is 38.8. The summed E-state index contributed by atoms with van der Waals surface area (Å²) in [6.07, 6.45) is 1.58. The van der Waals surface area contributed by atoms with Gasteiger partial charge in [-0.1, -0.05) is 41.8 Å². The third-order valence-electron chi connectivity index (χ3n) is 6.11. The summed E-state index contributed by atoms with van der Waals surface area (Å²) in [5.74, 6) is 4.83. The van der Waals surface area contributed by atoms with Crippen molar-refractivity contribution in [2.24, 2.45) is 0 Å². The summed E-state index contributed by atoms with van der Waals surface area (Å²) in [5, 5.41) is 0.704. The van der Waals surface area contributed by atoms with E-state index >= 15 is 0 Å². The highest BCUT2D eigenvalue weighted by Gasteiger charge is 2.44. The molecule has 1 heterocycles. The zero-order valence-corrected chi connectivity index (χ0v) is 19.9. The largest absolute Gasteiger partial charge is 0.459 e. The van der Waals surface area contributed by atoms with Crippen LogP contribution in [0.15, 0.2) is 59.6 Å². The van der Waals surface area contributed by atoms with Crippen LogP contribution in [0.3, 0.4) is 0 Å². The number of fused-ring (bicyclic) bond motifs is 1. The van der Waals surface area contributed by atoms with Gasteiger partial charge in [0.25, 0.3) is 10.0 Å². The molecule has 168 valence electrons. The van der Waals surface area contributed by atoms with Gasteiger partial charge in [0, 0.05) is 24.6 Å². The highest BCUT2D eigenvalue weighted by Crippen LogP contribution is 2.42. The van der Waals surface area contributed by atoms with Crippen LogP contribution >= 0.6 is 0 Å². The molecule has 0 bridgehead atoms. The number of methoxy groups -OCH3 is 2. The SMILES string of the molecule is COC(=O)C#CC(C)(c1cn(S(=O)(=O)c2ccc(C)cc2)c2ccccc12)C(C)(C)OC. The predicted molar refractivity (Wildman–Crippen MR) is 124 cm³/mol. The molecule has 32 heavy (non-hydrogen) atoms. The van der Waals surface area contributed by atoms with E-state index in [1.54, 1.807) is 49.7 Å². The number of benzene rings is 2. The molecule has 0 N–H and O–H groups in total. The van der Waals surface area contributed by atoms with Crippen molar-refractivity contribution < 1.29 is 22.7 Å². The van der Waals surface area contributed by atoms with Crippen molar-refractivity contribution in [2.75, 3.05) is 14.2 Å². The normalized spacial score (nSPS) is 13.8. The molecule has 1 atom stereocenters. The predicted octanol–water partition coefficient (Wildman–Crippen LogP) is 4.05. The minimum absolute atomic E-state index is 0.184. The molecule has 0 aliphatic carbocycles. The molecule has 0 aliphatic heterocycles. The fraction of sp³-hybridized carbons (Fsp3) is 0.320. The van der Waals surface area contributed by atoms with Crippen LogP contribution < -0.4 is 0 Å². The van der Waals surface area contributed by atoms with Crippen molar-refractivity contribution in [1.29, 1.82) is 0 Å². The lowest BCUT2D eigenvalue weighted by atomic mass is 9.70. The van der Waals surface area contributed by atoms with Crippen molar-refractivity contribution in [1.82, 2.24) is 3.97 Å². The Morgan fingerprint density at radius 3 is 2.22 bits per heavy atom. The fourth-order valence-electron chi connectivity index (χ4n) is 3.54. The van der Waals surface area contributed by atoms with Crippen LogP contribution in [0.4, 0.5) is 0 Å². The second-order valence-corrected chi connectivity index (χ2v) is 10.1. The third-order valence-corrected chi connectivity index (χ3v) is 7.80. The zero-order valence-electron chi connectivity index (χ0n) is 19.1. The van der Waals surface area contributed by atoms with Gasteiger partial charge in [0.05, 0.1) is 28.5 Å². The summed E-state index contributed by atoms with van der Waals surface area (Å²) in [4.78, 5) is 12.0. The summed E-state index contributed by atoms with van der Waals surface area (Å²) in [5.41, 5.74) is 0.211. The van der Waals surface area contributed by atoms with E-state index in [1.165, 1.54) is 11.1 Å². The molecule has 0 fully saturated rings. The van der Waals surface area contributed by atoms with Gasteiger partial charge >= 0.3 is 5.97 Å². The van der Waals surface area contributed by atoms with E-state index in [4.69, 9.17) is 4.74 Å². The molecule has 1 unspecified atom stereocenters. The Hall–Kier alpha value is -3.08. The van der Waals surface area contributed by atoms with Crippen LogP contribution in [0.5, 0.6) is 0 Å². The number of para-hydroxylation sites is 1. The van der Waals surface area contributed by atoms with E-state index < -0.39 is 27.0 Å². The van der Waals surface area contributed by atoms with Crippen LogP contribution in [0.25, 0.3) is 10.9 Å². The second-order valence-electron chi connectivity index (χ2n) is 8.25. The Morgan fingerprint density at radius 2 is 1.62 bits per heavy atom. The Morgan fingerprint density at radius 1 is 1.00 bits per heavy atom. The van der Waals surface area contributed by atoms with Crippen LogP contribution in [-0.2, 0) is 29.7 Å². The number of ether oxygens (including phenoxy) is 2. The molecule has 0 saturated carbocycles. The molecule has 0 amide bonds. The summed E-state index contributed by atoms with van der Waals surface area (Å²) in [6, 6.07) is 13.9. The van der Waals surface area contributed by atoms with Gasteiger partial charge in [-0.15, -0.1) is 0 Å². The number of esters is 1. The van der Waals surface area contributed by atoms with Crippen molar-refractivity contribution >= 4 is 26.9 Å². The quantitative estimate of drug-likeness (QED) is 0.331. The second kappa shape index (κ2) is 8.45. The smallest absolute Gasteiger partial charge is 0.384 e. The van der Waals surface area contributed by atoms with Gasteiger partial charge in [0.1, 0.15) is 0 Å². The minimum atomic E-state index is -3.87. The average molecular weight is 454 g/mol. The lowest BCUT2D eigenvalue weighted by molar-refractivity contribution is -0.133. The number of carbonyl (C=O) groups is 1. The van der Waals surface area contributed by atoms with Crippen molar-refractivity contribution in [3.05, 3.63) is 65.9 Å². The van der Waals surface area contributed by atoms with E-state index in [1.807, 2.05) is 39.8 Å². The Kier molecular flexibility index (Phi) is 6.23. The van der Waals surface area contributed by atoms with Crippen LogP contribution in [0, 0.1) is 18.8 Å². The van der Waals surface area contributed by atoms with Gasteiger partial charge in [-0.25, -0.2) is 17.2 Å². The number of hydrogen-bond donors (Lipinski definition) is 0. The molecular weight excluding hydrogens is 426 g/mol. The maximum Gasteiger partial charge on any atom is 0.384 e. The fourth-order valence-corrected chi connectivity index (χ4v) is 4.91. The lowest BCUT2D eigenvalue weighted by Crippen LogP contribution is -2.45. The molecule has 0 aliphatic rings. The highest BCUT2D eigenvalue weighted by atomic mass is 32.2. The topological polar surface area (TPSA) is 74.6 Å². The third kappa shape index (κ3) is 3.92. The first-order valence-electron chi connectivity index (χ1n) is 10.1. The highest BCUT2D eigenvalue weighted by molar-refractivity contribution is 7.90. The number of aromatic nitrogens is 1. The molecule has 0 saturated heterocycles. The molecule has 2 aromatic carbocycles. The Bertz CT molecular complexity index is 1320. The van der Waals surface area contributed by atoms with E-state index in [-0.39, 0.29) is 4.90 Å². The zero-order chi connectivity index (χ0) is 23.7. The van der Waals surface area contributed by atoms with E-state index in [0.717, 1.165) is 5.56 Å². The van der Waals surface area contributed by atoms with E-state index in [9.17, 15) is 13.2 Å². The monoisotopic (exact) mass is 453 g/mol. The van der Waals surface area contributed by atoms with E-state index in [0.29, 0.717) is 16.5 Å². The molecular formula is C25H27NO5S. The standard InChI is InChI=1S/C25H27NO5S/c1-18-11-13-19(14-12-18)32(28,29)26-17-21(20-9-7-8-10-22(20)26)25(4,24(2,3)31-6)16-15-23(27)30-5/h7-14,17H,1-6H3. The lowest BCUT2D eigenvalue weighted by Gasteiger charge is -2.39. The molecule has 1 aromatic heterocycles. The molecule has 3 rings (SSSR count). The Labute approximate surface area is 189 Å². The molecule has 7 heteroatoms. The van der Waals surface area contributed by atoms with Gasteiger partial charge in [-0.2, -0.15) is 0 Å². The van der Waals surface area contributed by atoms with Crippen molar-refractivity contribution in [2.45, 2.75) is 43.6 Å².